The average molecular weight is 765 g/mol. The molecule has 0 saturated heterocycles. The van der Waals surface area contributed by atoms with Crippen LogP contribution in [0.3, 0.4) is 0 Å². The van der Waals surface area contributed by atoms with Gasteiger partial charge in [-0.15, -0.1) is 0 Å². The number of benzene rings is 4. The molecule has 0 radical (unpaired) electrons. The number of ether oxygens (including phenoxy) is 4. The molecule has 0 spiro atoms. The Hall–Kier alpha value is -7.62. The van der Waals surface area contributed by atoms with E-state index >= 15 is 0 Å². The number of fused-ring (bicyclic) bond motifs is 4. The molecule has 56 heavy (non-hydrogen) atoms. The first-order valence-electron chi connectivity index (χ1n) is 16.5. The minimum Gasteiger partial charge on any atom is -0.426 e. The topological polar surface area (TPSA) is 226 Å². The zero-order valence-corrected chi connectivity index (χ0v) is 30.3. The van der Waals surface area contributed by atoms with Crippen molar-refractivity contribution in [2.75, 3.05) is 0 Å². The molecule has 0 aliphatic heterocycles. The maximum Gasteiger partial charge on any atom is 0.386 e. The first-order chi connectivity index (χ1) is 26.6. The van der Waals surface area contributed by atoms with Crippen molar-refractivity contribution < 1.29 is 76.7 Å². The fraction of sp³-hybridized carbons (Fsp3) is 0.150. The van der Waals surface area contributed by atoms with Gasteiger partial charge in [-0.05, 0) is 36.4 Å². The quantitative estimate of drug-likeness (QED) is 0.0952. The Labute approximate surface area is 316 Å². The first kappa shape index (κ1) is 39.6. The Morgan fingerprint density at radius 3 is 1.02 bits per heavy atom. The van der Waals surface area contributed by atoms with E-state index in [0.29, 0.717) is 0 Å². The summed E-state index contributed by atoms with van der Waals surface area (Å²) in [6, 6.07) is 11.5. The molecule has 0 amide bonds. The highest BCUT2D eigenvalue weighted by atomic mass is 17.2. The highest BCUT2D eigenvalue weighted by Crippen LogP contribution is 2.40. The lowest BCUT2D eigenvalue weighted by atomic mass is 9.82. The third-order valence-electron chi connectivity index (χ3n) is 7.82. The van der Waals surface area contributed by atoms with Crippen LogP contribution in [0.4, 0.5) is 0 Å². The monoisotopic (exact) mass is 764 g/mol. The Kier molecular flexibility index (Phi) is 11.2. The summed E-state index contributed by atoms with van der Waals surface area (Å²) >= 11 is 0. The maximum atomic E-state index is 13.7. The third kappa shape index (κ3) is 7.43. The summed E-state index contributed by atoms with van der Waals surface area (Å²) < 4.78 is 20.5. The largest absolute Gasteiger partial charge is 0.426 e. The molecule has 0 atom stereocenters. The van der Waals surface area contributed by atoms with Gasteiger partial charge in [0, 0.05) is 49.9 Å². The van der Waals surface area contributed by atoms with Crippen LogP contribution in [0.15, 0.2) is 60.7 Å². The highest BCUT2D eigenvalue weighted by molar-refractivity contribution is 6.32. The van der Waals surface area contributed by atoms with Gasteiger partial charge in [-0.2, -0.15) is 0 Å². The van der Waals surface area contributed by atoms with E-state index in [1.165, 1.54) is 36.4 Å². The van der Waals surface area contributed by atoms with Crippen molar-refractivity contribution in [2.45, 2.75) is 41.5 Å². The van der Waals surface area contributed by atoms with Gasteiger partial charge in [0.15, 0.2) is 11.6 Å². The molecule has 0 bridgehead atoms. The zero-order valence-electron chi connectivity index (χ0n) is 30.3. The van der Waals surface area contributed by atoms with Crippen LogP contribution in [0, 0.1) is 0 Å². The van der Waals surface area contributed by atoms with Crippen molar-refractivity contribution >= 4 is 58.9 Å². The number of carbonyl (C=O) groups excluding carboxylic acids is 10. The number of rotatable bonds is 6. The SMILES string of the molecule is CC.CC(=O)Oc1cccc2c1C(=O)c1c(OC(C)=O)cc(C(=O)OOC(=O)c3cc(OC(C)=O)c4c(c3)C(=O)c3cccc(OC(C)=O)c3C4=O)cc1C2=O. The number of hydrogen-bond donors (Lipinski definition) is 0. The Balaban J connectivity index is 0.00000295. The van der Waals surface area contributed by atoms with E-state index in [1.807, 2.05) is 13.8 Å². The summed E-state index contributed by atoms with van der Waals surface area (Å²) in [6.45, 7) is 8.16. The lowest BCUT2D eigenvalue weighted by Crippen LogP contribution is -2.25. The summed E-state index contributed by atoms with van der Waals surface area (Å²) in [5, 5.41) is 0. The molecule has 2 aliphatic rings. The number of esters is 4. The number of ketones is 4. The Bertz CT molecular complexity index is 2300. The molecule has 16 heteroatoms. The molecule has 4 aromatic carbocycles. The van der Waals surface area contributed by atoms with E-state index in [-0.39, 0.29) is 33.8 Å². The van der Waals surface area contributed by atoms with Crippen LogP contribution >= 0.6 is 0 Å². The van der Waals surface area contributed by atoms with Crippen molar-refractivity contribution in [1.29, 1.82) is 0 Å². The molecule has 284 valence electrons. The second-order valence-electron chi connectivity index (χ2n) is 11.6. The van der Waals surface area contributed by atoms with E-state index in [1.54, 1.807) is 0 Å². The second kappa shape index (κ2) is 15.8. The van der Waals surface area contributed by atoms with Gasteiger partial charge in [-0.25, -0.2) is 19.4 Å². The predicted molar refractivity (Wildman–Crippen MR) is 187 cm³/mol. The lowest BCUT2D eigenvalue weighted by Gasteiger charge is -2.22. The van der Waals surface area contributed by atoms with Gasteiger partial charge in [0.25, 0.3) is 0 Å². The second-order valence-corrected chi connectivity index (χ2v) is 11.6. The molecular formula is C40H28O16. The van der Waals surface area contributed by atoms with E-state index in [2.05, 4.69) is 0 Å². The van der Waals surface area contributed by atoms with Crippen LogP contribution < -0.4 is 18.9 Å². The summed E-state index contributed by atoms with van der Waals surface area (Å²) in [5.74, 6) is -11.2. The smallest absolute Gasteiger partial charge is 0.386 e. The van der Waals surface area contributed by atoms with E-state index in [9.17, 15) is 47.9 Å². The molecule has 0 fully saturated rings. The van der Waals surface area contributed by atoms with Crippen molar-refractivity contribution in [3.8, 4) is 23.0 Å². The molecule has 0 saturated carbocycles. The van der Waals surface area contributed by atoms with Gasteiger partial charge in [0.2, 0.25) is 11.6 Å². The molecule has 0 aromatic heterocycles. The fourth-order valence-electron chi connectivity index (χ4n) is 5.86. The minimum absolute atomic E-state index is 0.189. The molecule has 2 aliphatic carbocycles. The van der Waals surface area contributed by atoms with Crippen molar-refractivity contribution in [3.63, 3.8) is 0 Å². The van der Waals surface area contributed by atoms with Crippen molar-refractivity contribution in [3.05, 3.63) is 116 Å². The molecule has 0 unspecified atom stereocenters. The van der Waals surface area contributed by atoms with Gasteiger partial charge >= 0.3 is 35.8 Å². The van der Waals surface area contributed by atoms with Crippen LogP contribution in [0.5, 0.6) is 23.0 Å². The van der Waals surface area contributed by atoms with Gasteiger partial charge in [-0.3, -0.25) is 38.4 Å². The van der Waals surface area contributed by atoms with E-state index in [4.69, 9.17) is 28.7 Å². The van der Waals surface area contributed by atoms with Gasteiger partial charge in [0.1, 0.15) is 23.0 Å². The maximum absolute atomic E-state index is 13.7. The van der Waals surface area contributed by atoms with E-state index in [0.717, 1.165) is 52.0 Å². The van der Waals surface area contributed by atoms with E-state index < -0.39 is 104 Å². The number of hydrogen-bond acceptors (Lipinski definition) is 16. The van der Waals surface area contributed by atoms with Crippen molar-refractivity contribution in [2.24, 2.45) is 0 Å². The van der Waals surface area contributed by atoms with Crippen LogP contribution in [0.1, 0.15) is 126 Å². The first-order valence-corrected chi connectivity index (χ1v) is 16.5. The summed E-state index contributed by atoms with van der Waals surface area (Å²) in [4.78, 5) is 138. The summed E-state index contributed by atoms with van der Waals surface area (Å²) in [6.07, 6.45) is 0. The minimum atomic E-state index is -1.42. The third-order valence-corrected chi connectivity index (χ3v) is 7.82. The molecule has 4 aromatic rings. The van der Waals surface area contributed by atoms with Crippen molar-refractivity contribution in [1.82, 2.24) is 0 Å². The average Bonchev–Trinajstić information content (AvgIpc) is 3.14. The molecule has 16 nitrogen and oxygen atoms in total. The molecule has 6 rings (SSSR count). The fourth-order valence-corrected chi connectivity index (χ4v) is 5.86. The van der Waals surface area contributed by atoms with Crippen LogP contribution in [0.2, 0.25) is 0 Å². The zero-order chi connectivity index (χ0) is 41.2. The van der Waals surface area contributed by atoms with Crippen LogP contribution in [-0.2, 0) is 29.0 Å². The highest BCUT2D eigenvalue weighted by Gasteiger charge is 2.39. The Morgan fingerprint density at radius 2 is 0.696 bits per heavy atom. The van der Waals surface area contributed by atoms with Gasteiger partial charge < -0.3 is 18.9 Å². The van der Waals surface area contributed by atoms with Crippen LogP contribution in [-0.4, -0.2) is 58.9 Å². The van der Waals surface area contributed by atoms with Gasteiger partial charge in [-0.1, -0.05) is 38.1 Å². The number of carbonyl (C=O) groups is 10. The molecule has 0 N–H and O–H groups in total. The lowest BCUT2D eigenvalue weighted by molar-refractivity contribution is -0.187. The van der Waals surface area contributed by atoms with Crippen LogP contribution in [0.25, 0.3) is 0 Å². The Morgan fingerprint density at radius 1 is 0.393 bits per heavy atom. The predicted octanol–water partition coefficient (Wildman–Crippen LogP) is 4.89. The van der Waals surface area contributed by atoms with Gasteiger partial charge in [0.05, 0.1) is 33.4 Å². The normalized spacial score (nSPS) is 12.0. The molecular weight excluding hydrogens is 736 g/mol. The molecule has 0 heterocycles. The standard InChI is InChI=1S/C38H22O16.C2H6/c1-15(39)49-25-9-5-7-21-29(25)35(45)31-23(33(21)43)11-19(13-27(31)51-17(3)41)37(47)53-54-38(48)20-12-24-32(28(14-20)52-18(4)42)36(46)30-22(34(24)44)8-6-10-26(30)50-16(2)40;1-2/h5-14H,1-4H3;1-2H3. The summed E-state index contributed by atoms with van der Waals surface area (Å²) in [5.41, 5.74) is -3.64. The summed E-state index contributed by atoms with van der Waals surface area (Å²) in [7, 11) is 0.